The van der Waals surface area contributed by atoms with Crippen LogP contribution in [0, 0.1) is 5.82 Å². The van der Waals surface area contributed by atoms with Crippen LogP contribution in [-0.4, -0.2) is 6.18 Å². The number of hydrogen-bond donors (Lipinski definition) is 2. The molecule has 0 aliphatic rings. The van der Waals surface area contributed by atoms with E-state index >= 15 is 0 Å². The fourth-order valence-electron chi connectivity index (χ4n) is 1.62. The SMILES string of the molecule is NNC(CCCC(F)(F)F)c1cccc(Br)c1F. The Hall–Kier alpha value is -0.660. The number of benzene rings is 1. The third kappa shape index (κ3) is 4.55. The summed E-state index contributed by atoms with van der Waals surface area (Å²) in [5, 5.41) is 0. The van der Waals surface area contributed by atoms with Gasteiger partial charge in [0.15, 0.2) is 0 Å². The fraction of sp³-hybridized carbons (Fsp3) is 0.455. The Morgan fingerprint density at radius 2 is 2.00 bits per heavy atom. The van der Waals surface area contributed by atoms with Crippen molar-refractivity contribution in [2.24, 2.45) is 5.84 Å². The molecule has 2 nitrogen and oxygen atoms in total. The molecule has 1 rings (SSSR count). The average molecular weight is 329 g/mol. The molecule has 0 saturated carbocycles. The Bertz CT molecular complexity index is 395. The lowest BCUT2D eigenvalue weighted by molar-refractivity contribution is -0.135. The zero-order chi connectivity index (χ0) is 13.8. The Balaban J connectivity index is 2.69. The molecule has 1 aromatic carbocycles. The van der Waals surface area contributed by atoms with Crippen molar-refractivity contribution in [2.45, 2.75) is 31.5 Å². The minimum Gasteiger partial charge on any atom is -0.271 e. The third-order valence-corrected chi connectivity index (χ3v) is 3.12. The summed E-state index contributed by atoms with van der Waals surface area (Å²) >= 11 is 3.02. The highest BCUT2D eigenvalue weighted by Crippen LogP contribution is 2.29. The number of hydrazine groups is 1. The van der Waals surface area contributed by atoms with Crippen molar-refractivity contribution in [2.75, 3.05) is 0 Å². The number of rotatable bonds is 5. The quantitative estimate of drug-likeness (QED) is 0.490. The molecule has 0 bridgehead atoms. The van der Waals surface area contributed by atoms with Crippen LogP contribution in [0.2, 0.25) is 0 Å². The molecule has 0 aliphatic heterocycles. The summed E-state index contributed by atoms with van der Waals surface area (Å²) in [6, 6.07) is 3.99. The summed E-state index contributed by atoms with van der Waals surface area (Å²) < 4.78 is 50.1. The summed E-state index contributed by atoms with van der Waals surface area (Å²) in [4.78, 5) is 0. The summed E-state index contributed by atoms with van der Waals surface area (Å²) in [5.41, 5.74) is 2.60. The zero-order valence-electron chi connectivity index (χ0n) is 9.40. The minimum atomic E-state index is -4.20. The Labute approximate surface area is 111 Å². The van der Waals surface area contributed by atoms with E-state index in [2.05, 4.69) is 21.4 Å². The second kappa shape index (κ2) is 6.49. The topological polar surface area (TPSA) is 38.0 Å². The molecule has 18 heavy (non-hydrogen) atoms. The van der Waals surface area contributed by atoms with E-state index in [1.165, 1.54) is 12.1 Å². The summed E-state index contributed by atoms with van der Waals surface area (Å²) in [6.45, 7) is 0. The lowest BCUT2D eigenvalue weighted by Gasteiger charge is -2.18. The van der Waals surface area contributed by atoms with E-state index < -0.39 is 24.5 Å². The first-order chi connectivity index (χ1) is 8.35. The average Bonchev–Trinajstić information content (AvgIpc) is 2.27. The van der Waals surface area contributed by atoms with E-state index in [1.54, 1.807) is 6.07 Å². The monoisotopic (exact) mass is 328 g/mol. The number of hydrogen-bond acceptors (Lipinski definition) is 2. The molecule has 0 spiro atoms. The molecule has 0 aromatic heterocycles. The highest BCUT2D eigenvalue weighted by molar-refractivity contribution is 9.10. The van der Waals surface area contributed by atoms with Crippen LogP contribution in [0.3, 0.4) is 0 Å². The van der Waals surface area contributed by atoms with E-state index in [1.807, 2.05) is 0 Å². The van der Waals surface area contributed by atoms with Crippen molar-refractivity contribution in [3.05, 3.63) is 34.1 Å². The van der Waals surface area contributed by atoms with Gasteiger partial charge in [-0.3, -0.25) is 11.3 Å². The lowest BCUT2D eigenvalue weighted by atomic mass is 10.0. The first kappa shape index (κ1) is 15.4. The highest BCUT2D eigenvalue weighted by Gasteiger charge is 2.27. The van der Waals surface area contributed by atoms with Crippen molar-refractivity contribution in [3.63, 3.8) is 0 Å². The van der Waals surface area contributed by atoms with Crippen molar-refractivity contribution in [3.8, 4) is 0 Å². The maximum absolute atomic E-state index is 13.7. The number of halogens is 5. The van der Waals surface area contributed by atoms with Gasteiger partial charge < -0.3 is 0 Å². The van der Waals surface area contributed by atoms with E-state index in [0.717, 1.165) is 0 Å². The molecule has 3 N–H and O–H groups in total. The standard InChI is InChI=1S/C11H13BrF4N2/c12-8-4-1-3-7(10(8)13)9(18-17)5-2-6-11(14,15)16/h1,3-4,9,18H,2,5-6,17H2. The van der Waals surface area contributed by atoms with Crippen molar-refractivity contribution in [1.29, 1.82) is 0 Å². The normalized spacial score (nSPS) is 13.7. The number of alkyl halides is 3. The van der Waals surface area contributed by atoms with Gasteiger partial charge in [-0.25, -0.2) is 4.39 Å². The molecular formula is C11H13BrF4N2. The van der Waals surface area contributed by atoms with Gasteiger partial charge in [0.1, 0.15) is 5.82 Å². The predicted molar refractivity (Wildman–Crippen MR) is 64.1 cm³/mol. The van der Waals surface area contributed by atoms with Crippen LogP contribution in [0.15, 0.2) is 22.7 Å². The van der Waals surface area contributed by atoms with E-state index in [0.29, 0.717) is 0 Å². The molecular weight excluding hydrogens is 316 g/mol. The molecule has 0 fully saturated rings. The summed E-state index contributed by atoms with van der Waals surface area (Å²) in [5.74, 6) is 4.75. The second-order valence-electron chi connectivity index (χ2n) is 3.87. The fourth-order valence-corrected chi connectivity index (χ4v) is 2.01. The molecule has 0 saturated heterocycles. The molecule has 7 heteroatoms. The van der Waals surface area contributed by atoms with Crippen LogP contribution in [0.5, 0.6) is 0 Å². The lowest BCUT2D eigenvalue weighted by Crippen LogP contribution is -2.29. The Morgan fingerprint density at radius 1 is 1.33 bits per heavy atom. The van der Waals surface area contributed by atoms with Gasteiger partial charge in [0.05, 0.1) is 4.47 Å². The van der Waals surface area contributed by atoms with E-state index in [-0.39, 0.29) is 22.9 Å². The van der Waals surface area contributed by atoms with Crippen molar-refractivity contribution < 1.29 is 17.6 Å². The van der Waals surface area contributed by atoms with Gasteiger partial charge in [0, 0.05) is 18.0 Å². The smallest absolute Gasteiger partial charge is 0.271 e. The van der Waals surface area contributed by atoms with Crippen LogP contribution in [0.1, 0.15) is 30.9 Å². The zero-order valence-corrected chi connectivity index (χ0v) is 11.0. The van der Waals surface area contributed by atoms with Crippen LogP contribution in [0.25, 0.3) is 0 Å². The van der Waals surface area contributed by atoms with Gasteiger partial charge in [-0.1, -0.05) is 12.1 Å². The van der Waals surface area contributed by atoms with Gasteiger partial charge in [-0.15, -0.1) is 0 Å². The van der Waals surface area contributed by atoms with Crippen LogP contribution in [-0.2, 0) is 0 Å². The molecule has 0 heterocycles. The third-order valence-electron chi connectivity index (χ3n) is 2.51. The van der Waals surface area contributed by atoms with Gasteiger partial charge in [0.25, 0.3) is 0 Å². The molecule has 0 amide bonds. The second-order valence-corrected chi connectivity index (χ2v) is 4.72. The molecule has 1 atom stereocenters. The maximum atomic E-state index is 13.7. The van der Waals surface area contributed by atoms with Crippen LogP contribution < -0.4 is 11.3 Å². The van der Waals surface area contributed by atoms with Crippen LogP contribution in [0.4, 0.5) is 17.6 Å². The largest absolute Gasteiger partial charge is 0.389 e. The Morgan fingerprint density at radius 3 is 2.56 bits per heavy atom. The van der Waals surface area contributed by atoms with Gasteiger partial charge >= 0.3 is 6.18 Å². The molecule has 0 aliphatic carbocycles. The molecule has 0 radical (unpaired) electrons. The van der Waals surface area contributed by atoms with Gasteiger partial charge in [0.2, 0.25) is 0 Å². The van der Waals surface area contributed by atoms with Crippen LogP contribution >= 0.6 is 15.9 Å². The molecule has 102 valence electrons. The van der Waals surface area contributed by atoms with E-state index in [9.17, 15) is 17.6 Å². The first-order valence-electron chi connectivity index (χ1n) is 5.32. The van der Waals surface area contributed by atoms with E-state index in [4.69, 9.17) is 5.84 Å². The Kier molecular flexibility index (Phi) is 5.55. The summed E-state index contributed by atoms with van der Waals surface area (Å²) in [6.07, 6.45) is -5.09. The van der Waals surface area contributed by atoms with Gasteiger partial charge in [-0.2, -0.15) is 13.2 Å². The predicted octanol–water partition coefficient (Wildman–Crippen LogP) is 3.83. The highest BCUT2D eigenvalue weighted by atomic mass is 79.9. The van der Waals surface area contributed by atoms with Crippen molar-refractivity contribution >= 4 is 15.9 Å². The van der Waals surface area contributed by atoms with Crippen molar-refractivity contribution in [1.82, 2.24) is 5.43 Å². The first-order valence-corrected chi connectivity index (χ1v) is 6.11. The molecule has 1 unspecified atom stereocenters. The van der Waals surface area contributed by atoms with Gasteiger partial charge in [-0.05, 0) is 34.8 Å². The minimum absolute atomic E-state index is 0.107. The maximum Gasteiger partial charge on any atom is 0.389 e. The summed E-state index contributed by atoms with van der Waals surface area (Å²) in [7, 11) is 0. The number of nitrogens with two attached hydrogens (primary N) is 1. The molecule has 1 aromatic rings. The number of nitrogens with one attached hydrogen (secondary N) is 1.